The zero-order valence-corrected chi connectivity index (χ0v) is 7.93. The molecule has 64 valence electrons. The van der Waals surface area contributed by atoms with Gasteiger partial charge in [-0.2, -0.15) is 0 Å². The minimum absolute atomic E-state index is 0.572. The lowest BCUT2D eigenvalue weighted by molar-refractivity contribution is 0.450. The Labute approximate surface area is 70.4 Å². The topological polar surface area (TPSA) is 3.24 Å². The van der Waals surface area contributed by atoms with Crippen LogP contribution < -0.4 is 0 Å². The summed E-state index contributed by atoms with van der Waals surface area (Å²) >= 11 is 0. The first kappa shape index (κ1) is 10.3. The van der Waals surface area contributed by atoms with E-state index in [2.05, 4.69) is 27.0 Å². The Morgan fingerprint density at radius 2 is 2.18 bits per heavy atom. The molecule has 0 radical (unpaired) electrons. The van der Waals surface area contributed by atoms with Crippen molar-refractivity contribution in [1.82, 2.24) is 4.90 Å². The molecule has 0 heterocycles. The van der Waals surface area contributed by atoms with Gasteiger partial charge in [-0.3, -0.25) is 0 Å². The molecule has 0 saturated heterocycles. The molecule has 0 fully saturated rings. The molecule has 1 unspecified atom stereocenters. The van der Waals surface area contributed by atoms with Crippen LogP contribution in [0.2, 0.25) is 0 Å². The van der Waals surface area contributed by atoms with Crippen molar-refractivity contribution < 1.29 is 0 Å². The van der Waals surface area contributed by atoms with Gasteiger partial charge in [-0.1, -0.05) is 33.4 Å². The van der Waals surface area contributed by atoms with Gasteiger partial charge in [0, 0.05) is 12.7 Å². The van der Waals surface area contributed by atoms with E-state index >= 15 is 0 Å². The van der Waals surface area contributed by atoms with Crippen LogP contribution in [-0.4, -0.2) is 11.9 Å². The Bertz CT molecular complexity index is 138. The molecule has 1 atom stereocenters. The highest BCUT2D eigenvalue weighted by Gasteiger charge is 2.06. The van der Waals surface area contributed by atoms with Crippen molar-refractivity contribution in [3.8, 4) is 0 Å². The molecule has 11 heavy (non-hydrogen) atoms. The van der Waals surface area contributed by atoms with Gasteiger partial charge in [-0.15, -0.1) is 0 Å². The fourth-order valence-electron chi connectivity index (χ4n) is 1.06. The number of nitrogens with zero attached hydrogens (tertiary/aromatic N) is 1. The van der Waals surface area contributed by atoms with E-state index in [4.69, 9.17) is 0 Å². The maximum Gasteiger partial charge on any atom is 0.0127 e. The van der Waals surface area contributed by atoms with E-state index in [0.29, 0.717) is 5.92 Å². The Balaban J connectivity index is 3.90. The molecule has 0 spiro atoms. The zero-order chi connectivity index (χ0) is 8.85. The second-order valence-electron chi connectivity index (χ2n) is 2.97. The van der Waals surface area contributed by atoms with E-state index in [0.717, 1.165) is 5.70 Å². The van der Waals surface area contributed by atoms with Crippen LogP contribution in [0.4, 0.5) is 0 Å². The quantitative estimate of drug-likeness (QED) is 0.587. The van der Waals surface area contributed by atoms with Gasteiger partial charge < -0.3 is 4.90 Å². The Morgan fingerprint density at radius 3 is 2.55 bits per heavy atom. The highest BCUT2D eigenvalue weighted by Crippen LogP contribution is 2.16. The fourth-order valence-corrected chi connectivity index (χ4v) is 1.06. The van der Waals surface area contributed by atoms with Gasteiger partial charge >= 0.3 is 0 Å². The molecule has 0 aromatic carbocycles. The Kier molecular flexibility index (Phi) is 4.67. The maximum atomic E-state index is 4.00. The van der Waals surface area contributed by atoms with Gasteiger partial charge in [0.05, 0.1) is 0 Å². The van der Waals surface area contributed by atoms with Crippen molar-refractivity contribution in [1.29, 1.82) is 0 Å². The van der Waals surface area contributed by atoms with E-state index < -0.39 is 0 Å². The smallest absolute Gasteiger partial charge is 0.0127 e. The maximum absolute atomic E-state index is 4.00. The average molecular weight is 153 g/mol. The van der Waals surface area contributed by atoms with Crippen LogP contribution in [0.1, 0.15) is 26.7 Å². The molecule has 0 aliphatic heterocycles. The number of rotatable bonds is 5. The standard InChI is InChI=1S/C10H19N/c1-6-8-9(3)10(4)11(5)7-2/h7,9H,2,4,6,8H2,1,3,5H3. The first-order chi connectivity index (χ1) is 5.13. The molecular formula is C10H19N. The van der Waals surface area contributed by atoms with Gasteiger partial charge in [0.1, 0.15) is 0 Å². The normalized spacial score (nSPS) is 12.3. The third-order valence-corrected chi connectivity index (χ3v) is 2.02. The summed E-state index contributed by atoms with van der Waals surface area (Å²) in [4.78, 5) is 1.99. The third kappa shape index (κ3) is 3.26. The minimum Gasteiger partial charge on any atom is -0.355 e. The van der Waals surface area contributed by atoms with Gasteiger partial charge in [0.25, 0.3) is 0 Å². The Morgan fingerprint density at radius 1 is 1.64 bits per heavy atom. The van der Waals surface area contributed by atoms with Crippen LogP contribution in [-0.2, 0) is 0 Å². The number of hydrogen-bond acceptors (Lipinski definition) is 1. The lowest BCUT2D eigenvalue weighted by Crippen LogP contribution is -2.14. The predicted octanol–water partition coefficient (Wildman–Crippen LogP) is 3.01. The van der Waals surface area contributed by atoms with Crippen LogP contribution in [0, 0.1) is 5.92 Å². The number of hydrogen-bond donors (Lipinski definition) is 0. The molecule has 0 aromatic heterocycles. The lowest BCUT2D eigenvalue weighted by Gasteiger charge is -2.22. The molecule has 0 amide bonds. The molecule has 1 nitrogen and oxygen atoms in total. The summed E-state index contributed by atoms with van der Waals surface area (Å²) in [5.74, 6) is 0.572. The van der Waals surface area contributed by atoms with E-state index in [-0.39, 0.29) is 0 Å². The monoisotopic (exact) mass is 153 g/mol. The summed E-state index contributed by atoms with van der Waals surface area (Å²) in [6, 6.07) is 0. The molecular weight excluding hydrogens is 134 g/mol. The van der Waals surface area contributed by atoms with E-state index in [1.54, 1.807) is 6.20 Å². The highest BCUT2D eigenvalue weighted by atomic mass is 15.1. The van der Waals surface area contributed by atoms with Gasteiger partial charge in [0.2, 0.25) is 0 Å². The fraction of sp³-hybridized carbons (Fsp3) is 0.600. The first-order valence-corrected chi connectivity index (χ1v) is 4.17. The average Bonchev–Trinajstić information content (AvgIpc) is 2.02. The van der Waals surface area contributed by atoms with E-state index in [1.807, 2.05) is 11.9 Å². The highest BCUT2D eigenvalue weighted by molar-refractivity contribution is 5.00. The molecule has 0 aliphatic rings. The largest absolute Gasteiger partial charge is 0.355 e. The zero-order valence-electron chi connectivity index (χ0n) is 7.93. The molecule has 0 N–H and O–H groups in total. The van der Waals surface area contributed by atoms with Crippen LogP contribution in [0.3, 0.4) is 0 Å². The summed E-state index contributed by atoms with van der Waals surface area (Å²) < 4.78 is 0. The SMILES string of the molecule is C=CN(C)C(=C)C(C)CCC. The van der Waals surface area contributed by atoms with E-state index in [1.165, 1.54) is 12.8 Å². The third-order valence-electron chi connectivity index (χ3n) is 2.02. The molecule has 0 rings (SSSR count). The lowest BCUT2D eigenvalue weighted by atomic mass is 10.0. The Hall–Kier alpha value is -0.720. The van der Waals surface area contributed by atoms with Crippen molar-refractivity contribution in [2.24, 2.45) is 5.92 Å². The summed E-state index contributed by atoms with van der Waals surface area (Å²) in [6.07, 6.45) is 4.22. The molecule has 0 saturated carbocycles. The molecule has 1 heteroatoms. The van der Waals surface area contributed by atoms with Crippen LogP contribution in [0.15, 0.2) is 25.1 Å². The van der Waals surface area contributed by atoms with Crippen molar-refractivity contribution in [2.45, 2.75) is 26.7 Å². The van der Waals surface area contributed by atoms with Crippen LogP contribution >= 0.6 is 0 Å². The molecule has 0 aliphatic carbocycles. The van der Waals surface area contributed by atoms with Crippen LogP contribution in [0.25, 0.3) is 0 Å². The summed E-state index contributed by atoms with van der Waals surface area (Å²) in [6.45, 7) is 12.1. The second-order valence-corrected chi connectivity index (χ2v) is 2.97. The van der Waals surface area contributed by atoms with Gasteiger partial charge in [-0.05, 0) is 18.5 Å². The molecule has 0 aromatic rings. The molecule has 0 bridgehead atoms. The first-order valence-electron chi connectivity index (χ1n) is 4.17. The summed E-state index contributed by atoms with van der Waals surface area (Å²) in [7, 11) is 1.99. The summed E-state index contributed by atoms with van der Waals surface area (Å²) in [5.41, 5.74) is 1.15. The predicted molar refractivity (Wildman–Crippen MR) is 51.2 cm³/mol. The van der Waals surface area contributed by atoms with Gasteiger partial charge in [0.15, 0.2) is 0 Å². The summed E-state index contributed by atoms with van der Waals surface area (Å²) in [5, 5.41) is 0. The van der Waals surface area contributed by atoms with E-state index in [9.17, 15) is 0 Å². The van der Waals surface area contributed by atoms with Crippen molar-refractivity contribution in [2.75, 3.05) is 7.05 Å². The number of allylic oxidation sites excluding steroid dienone is 1. The van der Waals surface area contributed by atoms with Gasteiger partial charge in [-0.25, -0.2) is 0 Å². The van der Waals surface area contributed by atoms with Crippen LogP contribution in [0.5, 0.6) is 0 Å². The minimum atomic E-state index is 0.572. The van der Waals surface area contributed by atoms with Crippen molar-refractivity contribution >= 4 is 0 Å². The van der Waals surface area contributed by atoms with Crippen molar-refractivity contribution in [3.05, 3.63) is 25.1 Å². The van der Waals surface area contributed by atoms with Crippen molar-refractivity contribution in [3.63, 3.8) is 0 Å². The second kappa shape index (κ2) is 5.00.